The van der Waals surface area contributed by atoms with Crippen molar-refractivity contribution in [3.05, 3.63) is 88.0 Å². The molecule has 4 rings (SSSR count). The van der Waals surface area contributed by atoms with E-state index in [1.165, 1.54) is 6.07 Å². The van der Waals surface area contributed by atoms with Crippen LogP contribution in [0.15, 0.2) is 54.7 Å². The second kappa shape index (κ2) is 7.92. The highest BCUT2D eigenvalue weighted by molar-refractivity contribution is 6.31. The quantitative estimate of drug-likeness (QED) is 0.446. The molecule has 0 bridgehead atoms. The predicted octanol–water partition coefficient (Wildman–Crippen LogP) is 5.90. The van der Waals surface area contributed by atoms with Gasteiger partial charge in [0.05, 0.1) is 17.8 Å². The molecule has 0 aliphatic rings. The third kappa shape index (κ3) is 3.81. The summed E-state index contributed by atoms with van der Waals surface area (Å²) >= 11 is 6.17. The van der Waals surface area contributed by atoms with Crippen LogP contribution in [0.3, 0.4) is 0 Å². The lowest BCUT2D eigenvalue weighted by molar-refractivity contribution is -0.115. The van der Waals surface area contributed by atoms with E-state index >= 15 is 0 Å². The van der Waals surface area contributed by atoms with Gasteiger partial charge >= 0.3 is 0 Å². The molecule has 0 spiro atoms. The van der Waals surface area contributed by atoms with Gasteiger partial charge in [0.2, 0.25) is 5.91 Å². The van der Waals surface area contributed by atoms with Crippen LogP contribution in [-0.4, -0.2) is 15.3 Å². The first-order valence-electron chi connectivity index (χ1n) is 9.62. The van der Waals surface area contributed by atoms with E-state index in [0.717, 1.165) is 28.0 Å². The van der Waals surface area contributed by atoms with Crippen molar-refractivity contribution < 1.29 is 9.18 Å². The number of aryl methyl sites for hydroxylation is 2. The number of nitrogens with one attached hydrogen (secondary N) is 1. The minimum Gasteiger partial charge on any atom is -0.325 e. The zero-order valence-corrected chi connectivity index (χ0v) is 17.7. The van der Waals surface area contributed by atoms with Gasteiger partial charge in [-0.05, 0) is 73.9 Å². The Kier molecular flexibility index (Phi) is 5.31. The van der Waals surface area contributed by atoms with Gasteiger partial charge < -0.3 is 9.72 Å². The lowest BCUT2D eigenvalue weighted by Gasteiger charge is -2.11. The van der Waals surface area contributed by atoms with Crippen LogP contribution in [-0.2, 0) is 11.2 Å². The van der Waals surface area contributed by atoms with Crippen molar-refractivity contribution in [3.8, 4) is 11.3 Å². The van der Waals surface area contributed by atoms with Crippen molar-refractivity contribution in [1.29, 1.82) is 0 Å². The summed E-state index contributed by atoms with van der Waals surface area (Å²) in [6.45, 7) is 5.57. The van der Waals surface area contributed by atoms with Crippen LogP contribution in [0.5, 0.6) is 0 Å². The molecule has 4 aromatic rings. The molecule has 0 unspecified atom stereocenters. The van der Waals surface area contributed by atoms with Crippen LogP contribution in [0.1, 0.15) is 22.4 Å². The van der Waals surface area contributed by atoms with Gasteiger partial charge in [0.25, 0.3) is 0 Å². The Morgan fingerprint density at radius 2 is 1.93 bits per heavy atom. The van der Waals surface area contributed by atoms with Gasteiger partial charge in [-0.15, -0.1) is 0 Å². The van der Waals surface area contributed by atoms with Gasteiger partial charge in [-0.2, -0.15) is 0 Å². The molecule has 2 heterocycles. The molecule has 0 saturated carbocycles. The number of amides is 1. The Balaban J connectivity index is 1.76. The molecule has 0 fully saturated rings. The van der Waals surface area contributed by atoms with E-state index in [1.807, 2.05) is 42.6 Å². The van der Waals surface area contributed by atoms with Crippen LogP contribution < -0.4 is 5.32 Å². The van der Waals surface area contributed by atoms with Crippen LogP contribution in [0.2, 0.25) is 5.02 Å². The van der Waals surface area contributed by atoms with Gasteiger partial charge in [-0.1, -0.05) is 23.7 Å². The fraction of sp³-hybridized carbons (Fsp3) is 0.167. The molecule has 30 heavy (non-hydrogen) atoms. The zero-order valence-electron chi connectivity index (χ0n) is 17.0. The Morgan fingerprint density at radius 1 is 1.13 bits per heavy atom. The highest BCUT2D eigenvalue weighted by Gasteiger charge is 2.18. The third-order valence-electron chi connectivity index (χ3n) is 5.17. The number of anilines is 1. The summed E-state index contributed by atoms with van der Waals surface area (Å²) in [5.74, 6) is -0.446. The summed E-state index contributed by atoms with van der Waals surface area (Å²) in [7, 11) is 0. The Hall–Kier alpha value is -3.18. The first-order chi connectivity index (χ1) is 14.3. The SMILES string of the molecule is Cc1ccc2nc(-c3ccc(F)c(C)c3)c(CC(=O)Nc3cccc(Cl)c3C)n2c1. The molecular formula is C24H21ClFN3O. The molecule has 4 nitrogen and oxygen atoms in total. The maximum absolute atomic E-state index is 13.8. The number of benzene rings is 2. The van der Waals surface area contributed by atoms with E-state index in [4.69, 9.17) is 16.6 Å². The minimum absolute atomic E-state index is 0.113. The molecule has 0 radical (unpaired) electrons. The fourth-order valence-corrected chi connectivity index (χ4v) is 3.66. The van der Waals surface area contributed by atoms with Crippen molar-refractivity contribution in [3.63, 3.8) is 0 Å². The number of carbonyl (C=O) groups excluding carboxylic acids is 1. The average Bonchev–Trinajstić information content (AvgIpc) is 3.05. The molecule has 2 aromatic heterocycles. The summed E-state index contributed by atoms with van der Waals surface area (Å²) in [4.78, 5) is 17.6. The zero-order chi connectivity index (χ0) is 21.4. The Bertz CT molecular complexity index is 1280. The summed E-state index contributed by atoms with van der Waals surface area (Å²) in [5, 5.41) is 3.54. The van der Waals surface area contributed by atoms with E-state index < -0.39 is 0 Å². The molecule has 0 saturated heterocycles. The molecular weight excluding hydrogens is 401 g/mol. The third-order valence-corrected chi connectivity index (χ3v) is 5.58. The molecule has 1 N–H and O–H groups in total. The first-order valence-corrected chi connectivity index (χ1v) is 10.0. The van der Waals surface area contributed by atoms with Gasteiger partial charge in [-0.25, -0.2) is 9.37 Å². The lowest BCUT2D eigenvalue weighted by Crippen LogP contribution is -2.17. The number of imidazole rings is 1. The molecule has 0 aliphatic heterocycles. The fourth-order valence-electron chi connectivity index (χ4n) is 3.48. The van der Waals surface area contributed by atoms with Gasteiger partial charge in [-0.3, -0.25) is 4.79 Å². The Morgan fingerprint density at radius 3 is 2.70 bits per heavy atom. The van der Waals surface area contributed by atoms with E-state index in [-0.39, 0.29) is 18.1 Å². The molecule has 152 valence electrons. The number of pyridine rings is 1. The first kappa shape index (κ1) is 20.1. The van der Waals surface area contributed by atoms with Crippen molar-refractivity contribution in [2.45, 2.75) is 27.2 Å². The van der Waals surface area contributed by atoms with Crippen LogP contribution in [0.25, 0.3) is 16.9 Å². The number of nitrogens with zero attached hydrogens (tertiary/aromatic N) is 2. The van der Waals surface area contributed by atoms with E-state index in [0.29, 0.717) is 22.0 Å². The number of hydrogen-bond donors (Lipinski definition) is 1. The maximum Gasteiger partial charge on any atom is 0.230 e. The molecule has 0 aliphatic carbocycles. The second-order valence-electron chi connectivity index (χ2n) is 7.44. The number of fused-ring (bicyclic) bond motifs is 1. The second-order valence-corrected chi connectivity index (χ2v) is 7.85. The summed E-state index contributed by atoms with van der Waals surface area (Å²) in [6.07, 6.45) is 2.07. The van der Waals surface area contributed by atoms with Crippen LogP contribution >= 0.6 is 11.6 Å². The highest BCUT2D eigenvalue weighted by Crippen LogP contribution is 2.28. The smallest absolute Gasteiger partial charge is 0.230 e. The van der Waals surface area contributed by atoms with Crippen molar-refractivity contribution >= 4 is 28.8 Å². The molecule has 1 amide bonds. The summed E-state index contributed by atoms with van der Waals surface area (Å²) in [5.41, 5.74) is 6.00. The van der Waals surface area contributed by atoms with E-state index in [1.54, 1.807) is 31.2 Å². The topological polar surface area (TPSA) is 46.4 Å². The normalized spacial score (nSPS) is 11.1. The van der Waals surface area contributed by atoms with Crippen LogP contribution in [0.4, 0.5) is 10.1 Å². The maximum atomic E-state index is 13.8. The number of aromatic nitrogens is 2. The van der Waals surface area contributed by atoms with Crippen molar-refractivity contribution in [1.82, 2.24) is 9.38 Å². The van der Waals surface area contributed by atoms with Crippen LogP contribution in [0, 0.1) is 26.6 Å². The monoisotopic (exact) mass is 421 g/mol. The highest BCUT2D eigenvalue weighted by atomic mass is 35.5. The molecule has 2 aromatic carbocycles. The van der Waals surface area contributed by atoms with E-state index in [2.05, 4.69) is 5.32 Å². The van der Waals surface area contributed by atoms with Gasteiger partial charge in [0.1, 0.15) is 11.5 Å². The number of rotatable bonds is 4. The summed E-state index contributed by atoms with van der Waals surface area (Å²) < 4.78 is 15.7. The number of halogens is 2. The minimum atomic E-state index is -0.269. The number of carbonyl (C=O) groups is 1. The van der Waals surface area contributed by atoms with Gasteiger partial charge in [0.15, 0.2) is 0 Å². The predicted molar refractivity (Wildman–Crippen MR) is 119 cm³/mol. The average molecular weight is 422 g/mol. The van der Waals surface area contributed by atoms with Crippen molar-refractivity contribution in [2.75, 3.05) is 5.32 Å². The summed E-state index contributed by atoms with van der Waals surface area (Å²) in [6, 6.07) is 14.2. The largest absolute Gasteiger partial charge is 0.325 e. The van der Waals surface area contributed by atoms with Gasteiger partial charge in [0, 0.05) is 22.5 Å². The number of hydrogen-bond acceptors (Lipinski definition) is 2. The standard InChI is InChI=1S/C24H21ClFN3O/c1-14-7-10-22-28-24(17-8-9-19(26)15(2)11-17)21(29(22)13-14)12-23(30)27-20-6-4-5-18(25)16(20)3/h4-11,13H,12H2,1-3H3,(H,27,30). The Labute approximate surface area is 179 Å². The molecule has 6 heteroatoms. The lowest BCUT2D eigenvalue weighted by atomic mass is 10.1. The van der Waals surface area contributed by atoms with Crippen molar-refractivity contribution in [2.24, 2.45) is 0 Å². The van der Waals surface area contributed by atoms with E-state index in [9.17, 15) is 9.18 Å². The molecule has 0 atom stereocenters.